The van der Waals surface area contributed by atoms with Gasteiger partial charge in [-0.3, -0.25) is 4.79 Å². The Kier molecular flexibility index (Phi) is 3.07. The molecule has 6 heteroatoms. The Bertz CT molecular complexity index is 770. The number of carbonyl (C=O) groups is 1. The van der Waals surface area contributed by atoms with Crippen molar-refractivity contribution >= 4 is 17.1 Å². The number of nitrogens with zero attached hydrogens (tertiary/aromatic N) is 3. The predicted molar refractivity (Wildman–Crippen MR) is 80.0 cm³/mol. The van der Waals surface area contributed by atoms with Crippen LogP contribution in [0.1, 0.15) is 47.7 Å². The molecular weight excluding hydrogens is 278 g/mol. The van der Waals surface area contributed by atoms with E-state index in [-0.39, 0.29) is 11.8 Å². The van der Waals surface area contributed by atoms with Crippen molar-refractivity contribution in [2.45, 2.75) is 31.6 Å². The molecule has 2 heterocycles. The number of carbonyl (C=O) groups excluding carboxylic acids is 1. The molecule has 2 aromatic heterocycles. The van der Waals surface area contributed by atoms with Gasteiger partial charge in [-0.15, -0.1) is 0 Å². The Morgan fingerprint density at radius 2 is 2.36 bits per heavy atom. The average molecular weight is 295 g/mol. The summed E-state index contributed by atoms with van der Waals surface area (Å²) in [6.07, 6.45) is 7.63. The van der Waals surface area contributed by atoms with Gasteiger partial charge in [-0.25, -0.2) is 9.97 Å². The Morgan fingerprint density at radius 1 is 1.50 bits per heavy atom. The number of amides is 1. The molecule has 2 atom stereocenters. The summed E-state index contributed by atoms with van der Waals surface area (Å²) in [4.78, 5) is 24.3. The van der Waals surface area contributed by atoms with Gasteiger partial charge in [-0.1, -0.05) is 0 Å². The van der Waals surface area contributed by atoms with Gasteiger partial charge >= 0.3 is 0 Å². The Hall–Kier alpha value is -2.42. The Labute approximate surface area is 128 Å². The van der Waals surface area contributed by atoms with E-state index in [1.807, 2.05) is 0 Å². The number of hydrogen-bond acceptors (Lipinski definition) is 4. The first kappa shape index (κ1) is 13.3. The molecule has 22 heavy (non-hydrogen) atoms. The first-order valence-electron chi connectivity index (χ1n) is 7.78. The summed E-state index contributed by atoms with van der Waals surface area (Å²) in [5, 5.41) is 11.7. The molecule has 2 saturated carbocycles. The second-order valence-electron chi connectivity index (χ2n) is 6.24. The normalized spacial score (nSPS) is 23.2. The number of hydrogen-bond donors (Lipinski definition) is 2. The van der Waals surface area contributed by atoms with Gasteiger partial charge in [0, 0.05) is 24.6 Å². The van der Waals surface area contributed by atoms with Crippen molar-refractivity contribution in [3.63, 3.8) is 0 Å². The highest BCUT2D eigenvalue weighted by atomic mass is 16.1. The Morgan fingerprint density at radius 3 is 3.09 bits per heavy atom. The van der Waals surface area contributed by atoms with Crippen LogP contribution in [0.3, 0.4) is 0 Å². The summed E-state index contributed by atoms with van der Waals surface area (Å²) in [5.74, 6) is 1.04. The molecule has 6 nitrogen and oxygen atoms in total. The van der Waals surface area contributed by atoms with Crippen LogP contribution in [0.4, 0.5) is 0 Å². The van der Waals surface area contributed by atoms with E-state index in [1.54, 1.807) is 12.4 Å². The minimum atomic E-state index is -0.123. The van der Waals surface area contributed by atoms with Gasteiger partial charge in [-0.2, -0.15) is 5.26 Å². The molecule has 1 amide bonds. The topological polar surface area (TPSA) is 94.5 Å². The maximum Gasteiger partial charge on any atom is 0.255 e. The lowest BCUT2D eigenvalue weighted by atomic mass is 10.2. The number of H-pyrrole nitrogens is 1. The van der Waals surface area contributed by atoms with E-state index in [0.717, 1.165) is 31.4 Å². The molecule has 2 N–H and O–H groups in total. The number of nitrogens with one attached hydrogen (secondary N) is 2. The fourth-order valence-corrected chi connectivity index (χ4v) is 2.84. The molecule has 0 spiro atoms. The van der Waals surface area contributed by atoms with E-state index in [4.69, 9.17) is 5.26 Å². The zero-order valence-electron chi connectivity index (χ0n) is 12.2. The fourth-order valence-electron chi connectivity index (χ4n) is 2.84. The number of aromatic amines is 1. The van der Waals surface area contributed by atoms with Gasteiger partial charge in [-0.05, 0) is 31.6 Å². The van der Waals surface area contributed by atoms with Crippen LogP contribution in [-0.4, -0.2) is 27.4 Å². The van der Waals surface area contributed by atoms with Crippen LogP contribution >= 0.6 is 0 Å². The molecule has 0 aliphatic heterocycles. The van der Waals surface area contributed by atoms with Crippen LogP contribution in [0.15, 0.2) is 12.4 Å². The predicted octanol–water partition coefficient (Wildman–Crippen LogP) is 2.11. The van der Waals surface area contributed by atoms with Crippen LogP contribution in [0.2, 0.25) is 0 Å². The zero-order valence-corrected chi connectivity index (χ0v) is 12.2. The third-order valence-electron chi connectivity index (χ3n) is 4.53. The highest BCUT2D eigenvalue weighted by Crippen LogP contribution is 2.40. The van der Waals surface area contributed by atoms with E-state index in [2.05, 4.69) is 26.3 Å². The highest BCUT2D eigenvalue weighted by molar-refractivity contribution is 6.04. The maximum absolute atomic E-state index is 12.3. The number of rotatable bonds is 5. The van der Waals surface area contributed by atoms with E-state index in [1.165, 1.54) is 0 Å². The first-order valence-corrected chi connectivity index (χ1v) is 7.78. The van der Waals surface area contributed by atoms with Crippen molar-refractivity contribution in [2.75, 3.05) is 6.54 Å². The van der Waals surface area contributed by atoms with Crippen molar-refractivity contribution in [1.29, 1.82) is 5.26 Å². The van der Waals surface area contributed by atoms with E-state index in [9.17, 15) is 4.79 Å². The van der Waals surface area contributed by atoms with Crippen LogP contribution < -0.4 is 5.32 Å². The monoisotopic (exact) mass is 295 g/mol. The van der Waals surface area contributed by atoms with Gasteiger partial charge in [0.1, 0.15) is 5.52 Å². The van der Waals surface area contributed by atoms with Gasteiger partial charge in [0.05, 0.1) is 23.5 Å². The van der Waals surface area contributed by atoms with E-state index < -0.39 is 0 Å². The van der Waals surface area contributed by atoms with Crippen molar-refractivity contribution < 1.29 is 4.79 Å². The Balaban J connectivity index is 1.44. The number of nitriles is 1. The van der Waals surface area contributed by atoms with Crippen molar-refractivity contribution in [3.05, 3.63) is 23.7 Å². The quantitative estimate of drug-likeness (QED) is 0.883. The minimum absolute atomic E-state index is 0.123. The van der Waals surface area contributed by atoms with Crippen LogP contribution in [-0.2, 0) is 0 Å². The molecule has 0 radical (unpaired) electrons. The largest absolute Gasteiger partial charge is 0.352 e. The number of aromatic nitrogens is 3. The SMILES string of the molecule is N#CC1C[C@@H]1CCNC(=O)c1c[nH]c2ncc(C3CC3)nc12. The third kappa shape index (κ3) is 2.43. The molecule has 2 fully saturated rings. The second-order valence-corrected chi connectivity index (χ2v) is 6.24. The molecule has 2 aromatic rings. The highest BCUT2D eigenvalue weighted by Gasteiger charge is 2.36. The molecule has 1 unspecified atom stereocenters. The lowest BCUT2D eigenvalue weighted by Gasteiger charge is -2.03. The molecule has 0 aromatic carbocycles. The standard InChI is InChI=1S/C16H17N5O/c17-6-11-5-10(11)3-4-18-16(22)12-7-19-15-14(12)21-13(8-20-15)9-1-2-9/h7-11H,1-5H2,(H,18,22)(H,19,20)/t10-,11?/m0/s1. The van der Waals surface area contributed by atoms with Crippen LogP contribution in [0, 0.1) is 23.2 Å². The van der Waals surface area contributed by atoms with Crippen LogP contribution in [0.5, 0.6) is 0 Å². The molecule has 0 saturated heterocycles. The molecule has 112 valence electrons. The second kappa shape index (κ2) is 5.09. The average Bonchev–Trinajstić information content (AvgIpc) is 3.44. The summed E-state index contributed by atoms with van der Waals surface area (Å²) in [6.45, 7) is 0.601. The molecule has 0 bridgehead atoms. The molecular formula is C16H17N5O. The molecule has 2 aliphatic rings. The van der Waals surface area contributed by atoms with Gasteiger partial charge in [0.25, 0.3) is 5.91 Å². The summed E-state index contributed by atoms with van der Waals surface area (Å²) in [7, 11) is 0. The summed E-state index contributed by atoms with van der Waals surface area (Å²) < 4.78 is 0. The third-order valence-corrected chi connectivity index (χ3v) is 4.53. The van der Waals surface area contributed by atoms with Crippen LogP contribution in [0.25, 0.3) is 11.2 Å². The van der Waals surface area contributed by atoms with Gasteiger partial charge in [0.2, 0.25) is 0 Å². The summed E-state index contributed by atoms with van der Waals surface area (Å²) >= 11 is 0. The van der Waals surface area contributed by atoms with Crippen molar-refractivity contribution in [3.8, 4) is 6.07 Å². The van der Waals surface area contributed by atoms with E-state index >= 15 is 0 Å². The smallest absolute Gasteiger partial charge is 0.255 e. The summed E-state index contributed by atoms with van der Waals surface area (Å²) in [6, 6.07) is 2.27. The zero-order chi connectivity index (χ0) is 15.1. The van der Waals surface area contributed by atoms with Gasteiger partial charge in [0.15, 0.2) is 5.65 Å². The van der Waals surface area contributed by atoms with Crippen molar-refractivity contribution in [2.24, 2.45) is 11.8 Å². The van der Waals surface area contributed by atoms with E-state index in [0.29, 0.717) is 35.1 Å². The lowest BCUT2D eigenvalue weighted by Crippen LogP contribution is -2.24. The van der Waals surface area contributed by atoms with Crippen molar-refractivity contribution in [1.82, 2.24) is 20.3 Å². The maximum atomic E-state index is 12.3. The fraction of sp³-hybridized carbons (Fsp3) is 0.500. The number of fused-ring (bicyclic) bond motifs is 1. The first-order chi connectivity index (χ1) is 10.8. The molecule has 4 rings (SSSR count). The van der Waals surface area contributed by atoms with Gasteiger partial charge < -0.3 is 10.3 Å². The molecule has 2 aliphatic carbocycles. The minimum Gasteiger partial charge on any atom is -0.352 e. The lowest BCUT2D eigenvalue weighted by molar-refractivity contribution is 0.0954. The summed E-state index contributed by atoms with van der Waals surface area (Å²) in [5.41, 5.74) is 2.85.